The van der Waals surface area contributed by atoms with Gasteiger partial charge >= 0.3 is 0 Å². The van der Waals surface area contributed by atoms with Gasteiger partial charge in [-0.2, -0.15) is 0 Å². The van der Waals surface area contributed by atoms with E-state index in [0.29, 0.717) is 17.3 Å². The number of carbonyl (C=O) groups excluding carboxylic acids is 1. The molecule has 2 rings (SSSR count). The van der Waals surface area contributed by atoms with Crippen molar-refractivity contribution in [2.45, 2.75) is 11.4 Å². The van der Waals surface area contributed by atoms with Gasteiger partial charge in [0.25, 0.3) is 0 Å². The van der Waals surface area contributed by atoms with Gasteiger partial charge < -0.3 is 11.1 Å². The molecule has 2 aromatic rings. The first-order valence-corrected chi connectivity index (χ1v) is 7.60. The minimum atomic E-state index is -0.293. The van der Waals surface area contributed by atoms with Crippen molar-refractivity contribution in [1.82, 2.24) is 5.32 Å². The number of rotatable bonds is 5. The van der Waals surface area contributed by atoms with Crippen LogP contribution in [0.3, 0.4) is 0 Å². The quantitative estimate of drug-likeness (QED) is 0.654. The van der Waals surface area contributed by atoms with E-state index in [1.807, 2.05) is 0 Å². The zero-order valence-corrected chi connectivity index (χ0v) is 12.7. The van der Waals surface area contributed by atoms with Gasteiger partial charge in [-0.15, -0.1) is 11.8 Å². The van der Waals surface area contributed by atoms with Crippen molar-refractivity contribution < 1.29 is 9.18 Å². The largest absolute Gasteiger partial charge is 0.399 e. The van der Waals surface area contributed by atoms with Gasteiger partial charge in [0.05, 0.1) is 10.8 Å². The topological polar surface area (TPSA) is 55.1 Å². The van der Waals surface area contributed by atoms with Crippen LogP contribution in [0.1, 0.15) is 5.56 Å². The normalized spacial score (nSPS) is 10.4. The lowest BCUT2D eigenvalue weighted by Gasteiger charge is -2.07. The Balaban J connectivity index is 1.80. The molecule has 110 valence electrons. The number of halogens is 2. The average molecular weight is 325 g/mol. The molecule has 0 aliphatic heterocycles. The Labute approximate surface area is 131 Å². The van der Waals surface area contributed by atoms with Gasteiger partial charge in [0, 0.05) is 17.1 Å². The predicted octanol–water partition coefficient (Wildman–Crippen LogP) is 3.47. The maximum absolute atomic E-state index is 12.7. The van der Waals surface area contributed by atoms with Crippen LogP contribution in [0.2, 0.25) is 5.02 Å². The zero-order chi connectivity index (χ0) is 15.2. The fourth-order valence-corrected chi connectivity index (χ4v) is 2.73. The molecule has 3 nitrogen and oxygen atoms in total. The van der Waals surface area contributed by atoms with Gasteiger partial charge in [0.1, 0.15) is 5.82 Å². The molecule has 0 heterocycles. The number of benzene rings is 2. The second-order valence-electron chi connectivity index (χ2n) is 4.38. The van der Waals surface area contributed by atoms with Crippen LogP contribution in [0.5, 0.6) is 0 Å². The van der Waals surface area contributed by atoms with E-state index >= 15 is 0 Å². The minimum Gasteiger partial charge on any atom is -0.399 e. The van der Waals surface area contributed by atoms with Crippen LogP contribution < -0.4 is 11.1 Å². The SMILES string of the molecule is Nc1ccc(SCC(=O)NCc2ccc(F)cc2)c(Cl)c1. The average Bonchev–Trinajstić information content (AvgIpc) is 2.46. The van der Waals surface area contributed by atoms with E-state index in [1.54, 1.807) is 30.3 Å². The molecule has 0 saturated carbocycles. The number of hydrogen-bond donors (Lipinski definition) is 2. The number of hydrogen-bond acceptors (Lipinski definition) is 3. The van der Waals surface area contributed by atoms with E-state index in [4.69, 9.17) is 17.3 Å². The molecule has 0 radical (unpaired) electrons. The Kier molecular flexibility index (Phi) is 5.47. The highest BCUT2D eigenvalue weighted by Crippen LogP contribution is 2.28. The molecule has 0 aliphatic rings. The first-order chi connectivity index (χ1) is 10.0. The summed E-state index contributed by atoms with van der Waals surface area (Å²) in [7, 11) is 0. The Morgan fingerprint density at radius 3 is 2.62 bits per heavy atom. The maximum Gasteiger partial charge on any atom is 0.230 e. The lowest BCUT2D eigenvalue weighted by molar-refractivity contribution is -0.118. The highest BCUT2D eigenvalue weighted by molar-refractivity contribution is 8.00. The van der Waals surface area contributed by atoms with E-state index < -0.39 is 0 Å². The first-order valence-electron chi connectivity index (χ1n) is 6.23. The summed E-state index contributed by atoms with van der Waals surface area (Å²) in [6, 6.07) is 11.2. The highest BCUT2D eigenvalue weighted by Gasteiger charge is 2.06. The molecule has 0 unspecified atom stereocenters. The van der Waals surface area contributed by atoms with Gasteiger partial charge in [0.2, 0.25) is 5.91 Å². The lowest BCUT2D eigenvalue weighted by atomic mass is 10.2. The van der Waals surface area contributed by atoms with Crippen LogP contribution in [0.15, 0.2) is 47.4 Å². The van der Waals surface area contributed by atoms with E-state index in [1.165, 1.54) is 23.9 Å². The number of anilines is 1. The van der Waals surface area contributed by atoms with Crippen molar-refractivity contribution >= 4 is 35.0 Å². The third-order valence-electron chi connectivity index (χ3n) is 2.72. The molecule has 3 N–H and O–H groups in total. The van der Waals surface area contributed by atoms with Crippen molar-refractivity contribution in [3.05, 3.63) is 58.9 Å². The smallest absolute Gasteiger partial charge is 0.230 e. The molecule has 0 aliphatic carbocycles. The van der Waals surface area contributed by atoms with Gasteiger partial charge in [-0.25, -0.2) is 4.39 Å². The van der Waals surface area contributed by atoms with Crippen molar-refractivity contribution in [2.24, 2.45) is 0 Å². The predicted molar refractivity (Wildman–Crippen MR) is 84.8 cm³/mol. The molecule has 0 spiro atoms. The van der Waals surface area contributed by atoms with E-state index in [0.717, 1.165) is 10.5 Å². The van der Waals surface area contributed by atoms with Crippen molar-refractivity contribution in [1.29, 1.82) is 0 Å². The van der Waals surface area contributed by atoms with Gasteiger partial charge in [0.15, 0.2) is 0 Å². The molecule has 0 saturated heterocycles. The molecule has 0 bridgehead atoms. The van der Waals surface area contributed by atoms with Crippen molar-refractivity contribution in [2.75, 3.05) is 11.5 Å². The summed E-state index contributed by atoms with van der Waals surface area (Å²) in [5.74, 6) is -0.152. The molecule has 0 atom stereocenters. The Morgan fingerprint density at radius 1 is 1.24 bits per heavy atom. The van der Waals surface area contributed by atoms with Crippen molar-refractivity contribution in [3.63, 3.8) is 0 Å². The van der Waals surface area contributed by atoms with E-state index in [-0.39, 0.29) is 17.5 Å². The summed E-state index contributed by atoms with van der Waals surface area (Å²) in [5, 5.41) is 3.30. The third kappa shape index (κ3) is 4.95. The second kappa shape index (κ2) is 7.33. The summed E-state index contributed by atoms with van der Waals surface area (Å²) in [4.78, 5) is 12.6. The molecule has 0 fully saturated rings. The molecule has 2 aromatic carbocycles. The molecule has 6 heteroatoms. The fourth-order valence-electron chi connectivity index (χ4n) is 1.63. The maximum atomic E-state index is 12.7. The highest BCUT2D eigenvalue weighted by atomic mass is 35.5. The number of nitrogens with two attached hydrogens (primary N) is 1. The number of nitrogens with one attached hydrogen (secondary N) is 1. The van der Waals surface area contributed by atoms with Gasteiger partial charge in [-0.05, 0) is 35.9 Å². The van der Waals surface area contributed by atoms with Gasteiger partial charge in [-0.1, -0.05) is 23.7 Å². The van der Waals surface area contributed by atoms with Crippen LogP contribution in [0.25, 0.3) is 0 Å². The molecular weight excluding hydrogens is 311 g/mol. The second-order valence-corrected chi connectivity index (χ2v) is 5.81. The van der Waals surface area contributed by atoms with Crippen LogP contribution in [0.4, 0.5) is 10.1 Å². The van der Waals surface area contributed by atoms with Gasteiger partial charge in [-0.3, -0.25) is 4.79 Å². The van der Waals surface area contributed by atoms with Crippen LogP contribution >= 0.6 is 23.4 Å². The molecule has 0 aromatic heterocycles. The first kappa shape index (κ1) is 15.7. The van der Waals surface area contributed by atoms with Crippen LogP contribution in [-0.2, 0) is 11.3 Å². The number of carbonyl (C=O) groups is 1. The molecule has 21 heavy (non-hydrogen) atoms. The molecular formula is C15H14ClFN2OS. The van der Waals surface area contributed by atoms with Crippen LogP contribution in [-0.4, -0.2) is 11.7 Å². The summed E-state index contributed by atoms with van der Waals surface area (Å²) in [5.41, 5.74) is 7.04. The summed E-state index contributed by atoms with van der Waals surface area (Å²) in [6.45, 7) is 0.370. The summed E-state index contributed by atoms with van der Waals surface area (Å²) >= 11 is 7.37. The van der Waals surface area contributed by atoms with E-state index in [2.05, 4.69) is 5.32 Å². The lowest BCUT2D eigenvalue weighted by Crippen LogP contribution is -2.24. The number of thioether (sulfide) groups is 1. The zero-order valence-electron chi connectivity index (χ0n) is 11.1. The van der Waals surface area contributed by atoms with E-state index in [9.17, 15) is 9.18 Å². The molecule has 1 amide bonds. The summed E-state index contributed by atoms with van der Waals surface area (Å²) < 4.78 is 12.7. The minimum absolute atomic E-state index is 0.114. The fraction of sp³-hybridized carbons (Fsp3) is 0.133. The van der Waals surface area contributed by atoms with Crippen molar-refractivity contribution in [3.8, 4) is 0 Å². The number of amides is 1. The third-order valence-corrected chi connectivity index (χ3v) is 4.22. The monoisotopic (exact) mass is 324 g/mol. The van der Waals surface area contributed by atoms with Crippen LogP contribution in [0, 0.1) is 5.82 Å². The Morgan fingerprint density at radius 2 is 1.95 bits per heavy atom. The Hall–Kier alpha value is -1.72. The standard InChI is InChI=1S/C15H14ClFN2OS/c16-13-7-12(18)5-6-14(13)21-9-15(20)19-8-10-1-3-11(17)4-2-10/h1-7H,8-9,18H2,(H,19,20). The summed E-state index contributed by atoms with van der Waals surface area (Å²) in [6.07, 6.45) is 0. The number of nitrogen functional groups attached to an aromatic ring is 1. The Bertz CT molecular complexity index is 634.